The Hall–Kier alpha value is -3.09. The Bertz CT molecular complexity index is 814. The van der Waals surface area contributed by atoms with Crippen molar-refractivity contribution in [1.82, 2.24) is 10.2 Å². The van der Waals surface area contributed by atoms with Gasteiger partial charge in [0.05, 0.1) is 7.11 Å². The molecule has 1 aromatic carbocycles. The third kappa shape index (κ3) is 7.92. The molecule has 1 heterocycles. The van der Waals surface area contributed by atoms with E-state index in [1.165, 1.54) is 7.11 Å². The Kier molecular flexibility index (Phi) is 9.81. The lowest BCUT2D eigenvalue weighted by molar-refractivity contribution is -0.144. The zero-order chi connectivity index (χ0) is 22.6. The fourth-order valence-corrected chi connectivity index (χ4v) is 3.18. The van der Waals surface area contributed by atoms with E-state index in [0.717, 1.165) is 31.4 Å². The van der Waals surface area contributed by atoms with Gasteiger partial charge in [0.15, 0.2) is 0 Å². The zero-order valence-corrected chi connectivity index (χ0v) is 18.6. The number of nitrogens with one attached hydrogen (secondary N) is 1. The predicted octanol–water partition coefficient (Wildman–Crippen LogP) is 3.50. The number of benzene rings is 1. The van der Waals surface area contributed by atoms with Gasteiger partial charge in [0.1, 0.15) is 11.8 Å². The molecule has 0 spiro atoms. The largest absolute Gasteiger partial charge is 0.467 e. The highest BCUT2D eigenvalue weighted by atomic mass is 16.5. The number of amides is 1. The lowest BCUT2D eigenvalue weighted by Crippen LogP contribution is -2.44. The van der Waals surface area contributed by atoms with Crippen molar-refractivity contribution >= 4 is 17.8 Å². The van der Waals surface area contributed by atoms with Crippen molar-refractivity contribution in [3.05, 3.63) is 53.9 Å². The first-order valence-electron chi connectivity index (χ1n) is 10.8. The predicted molar refractivity (Wildman–Crippen MR) is 118 cm³/mol. The molecule has 0 fully saturated rings. The Balaban J connectivity index is 2.00. The van der Waals surface area contributed by atoms with Crippen molar-refractivity contribution in [2.75, 3.05) is 13.7 Å². The highest BCUT2D eigenvalue weighted by Gasteiger charge is 2.24. The van der Waals surface area contributed by atoms with Gasteiger partial charge in [0, 0.05) is 31.2 Å². The van der Waals surface area contributed by atoms with E-state index in [4.69, 9.17) is 9.47 Å². The molecule has 0 aliphatic carbocycles. The normalized spacial score (nSPS) is 13.9. The standard InChI is InChI=1S/C24H32N2O5/c1-4-6-9-22(27)31-20-12-10-18(11-13-20)16-21(24(29)30-3)25-23(28)19-8-7-15-26(17-19)14-5-2/h7,10-13,15,17,21H,4-6,8-9,14,16H2,1-3H3,(H,25,28)/t21-/m0/s1. The molecular formula is C24H32N2O5. The summed E-state index contributed by atoms with van der Waals surface area (Å²) in [7, 11) is 1.30. The van der Waals surface area contributed by atoms with E-state index in [0.29, 0.717) is 24.2 Å². The number of rotatable bonds is 11. The zero-order valence-electron chi connectivity index (χ0n) is 18.6. The molecular weight excluding hydrogens is 396 g/mol. The van der Waals surface area contributed by atoms with Crippen molar-refractivity contribution in [3.8, 4) is 5.75 Å². The molecule has 1 atom stereocenters. The third-order valence-corrected chi connectivity index (χ3v) is 4.85. The van der Waals surface area contributed by atoms with Gasteiger partial charge in [-0.05, 0) is 43.2 Å². The number of ether oxygens (including phenoxy) is 2. The smallest absolute Gasteiger partial charge is 0.328 e. The molecule has 0 unspecified atom stereocenters. The number of esters is 2. The minimum atomic E-state index is -0.818. The van der Waals surface area contributed by atoms with Gasteiger partial charge in [-0.1, -0.05) is 38.5 Å². The summed E-state index contributed by atoms with van der Waals surface area (Å²) in [5, 5.41) is 2.79. The highest BCUT2D eigenvalue weighted by Crippen LogP contribution is 2.16. The second-order valence-electron chi connectivity index (χ2n) is 7.46. The van der Waals surface area contributed by atoms with Crippen LogP contribution in [0.3, 0.4) is 0 Å². The van der Waals surface area contributed by atoms with Crippen molar-refractivity contribution in [3.63, 3.8) is 0 Å². The van der Waals surface area contributed by atoms with E-state index in [1.807, 2.05) is 30.3 Å². The molecule has 0 radical (unpaired) electrons. The number of hydrogen-bond donors (Lipinski definition) is 1. The average Bonchev–Trinajstić information content (AvgIpc) is 2.78. The molecule has 7 heteroatoms. The first kappa shape index (κ1) is 24.2. The van der Waals surface area contributed by atoms with Gasteiger partial charge in [-0.2, -0.15) is 0 Å². The summed E-state index contributed by atoms with van der Waals surface area (Å²) in [5.41, 5.74) is 1.41. The van der Waals surface area contributed by atoms with Crippen LogP contribution < -0.4 is 10.1 Å². The van der Waals surface area contributed by atoms with E-state index >= 15 is 0 Å². The summed E-state index contributed by atoms with van der Waals surface area (Å²) in [6.07, 6.45) is 9.54. The maximum absolute atomic E-state index is 12.7. The molecule has 7 nitrogen and oxygen atoms in total. The SMILES string of the molecule is CCCCC(=O)Oc1ccc(C[C@H](NC(=O)C2=CN(CCC)C=CC2)C(=O)OC)cc1. The number of unbranched alkanes of at least 4 members (excludes halogenated alkanes) is 1. The second-order valence-corrected chi connectivity index (χ2v) is 7.46. The third-order valence-electron chi connectivity index (χ3n) is 4.85. The molecule has 1 aliphatic rings. The van der Waals surface area contributed by atoms with Crippen LogP contribution in [0.5, 0.6) is 5.75 Å². The Labute approximate surface area is 184 Å². The number of carbonyl (C=O) groups is 3. The van der Waals surface area contributed by atoms with Crippen LogP contribution >= 0.6 is 0 Å². The molecule has 1 aromatic rings. The Morgan fingerprint density at radius 2 is 1.87 bits per heavy atom. The van der Waals surface area contributed by atoms with Gasteiger partial charge in [0.2, 0.25) is 5.91 Å². The quantitative estimate of drug-likeness (QED) is 0.429. The van der Waals surface area contributed by atoms with E-state index in [2.05, 4.69) is 12.2 Å². The van der Waals surface area contributed by atoms with Gasteiger partial charge in [-0.3, -0.25) is 9.59 Å². The second kappa shape index (κ2) is 12.6. The molecule has 0 saturated heterocycles. The first-order valence-corrected chi connectivity index (χ1v) is 10.8. The van der Waals surface area contributed by atoms with Crippen LogP contribution in [0.1, 0.15) is 51.5 Å². The van der Waals surface area contributed by atoms with Crippen LogP contribution in [0.25, 0.3) is 0 Å². The highest BCUT2D eigenvalue weighted by molar-refractivity contribution is 5.96. The first-order chi connectivity index (χ1) is 15.0. The van der Waals surface area contributed by atoms with Crippen LogP contribution in [-0.2, 0) is 25.5 Å². The molecule has 0 saturated carbocycles. The molecule has 2 rings (SSSR count). The van der Waals surface area contributed by atoms with Crippen LogP contribution in [0, 0.1) is 0 Å². The molecule has 0 aromatic heterocycles. The van der Waals surface area contributed by atoms with Gasteiger partial charge in [-0.25, -0.2) is 4.79 Å². The van der Waals surface area contributed by atoms with Crippen LogP contribution in [0.15, 0.2) is 48.3 Å². The lowest BCUT2D eigenvalue weighted by Gasteiger charge is -2.22. The molecule has 1 aliphatic heterocycles. The number of carbonyl (C=O) groups excluding carboxylic acids is 3. The summed E-state index contributed by atoms with van der Waals surface area (Å²) in [6.45, 7) is 4.91. The average molecular weight is 429 g/mol. The van der Waals surface area contributed by atoms with Crippen LogP contribution in [0.4, 0.5) is 0 Å². The maximum atomic E-state index is 12.7. The van der Waals surface area contributed by atoms with E-state index in [1.54, 1.807) is 24.3 Å². The van der Waals surface area contributed by atoms with Crippen LogP contribution in [-0.4, -0.2) is 42.4 Å². The van der Waals surface area contributed by atoms with Gasteiger partial charge in [-0.15, -0.1) is 0 Å². The maximum Gasteiger partial charge on any atom is 0.328 e. The molecule has 168 valence electrons. The fourth-order valence-electron chi connectivity index (χ4n) is 3.18. The minimum Gasteiger partial charge on any atom is -0.467 e. The van der Waals surface area contributed by atoms with Gasteiger partial charge < -0.3 is 19.7 Å². The summed E-state index contributed by atoms with van der Waals surface area (Å²) < 4.78 is 10.2. The van der Waals surface area contributed by atoms with Crippen LogP contribution in [0.2, 0.25) is 0 Å². The topological polar surface area (TPSA) is 84.9 Å². The van der Waals surface area contributed by atoms with Crippen molar-refractivity contribution in [1.29, 1.82) is 0 Å². The summed E-state index contributed by atoms with van der Waals surface area (Å²) in [4.78, 5) is 38.7. The Morgan fingerprint density at radius 1 is 1.13 bits per heavy atom. The van der Waals surface area contributed by atoms with Crippen molar-refractivity contribution in [2.24, 2.45) is 0 Å². The number of methoxy groups -OCH3 is 1. The molecule has 1 amide bonds. The van der Waals surface area contributed by atoms with Crippen molar-refractivity contribution < 1.29 is 23.9 Å². The summed E-state index contributed by atoms with van der Waals surface area (Å²) in [6, 6.07) is 6.10. The fraction of sp³-hybridized carbons (Fsp3) is 0.458. The molecule has 1 N–H and O–H groups in total. The Morgan fingerprint density at radius 3 is 2.52 bits per heavy atom. The van der Waals surface area contributed by atoms with Gasteiger partial charge in [0.25, 0.3) is 0 Å². The number of nitrogens with zero attached hydrogens (tertiary/aromatic N) is 1. The summed E-state index contributed by atoms with van der Waals surface area (Å²) >= 11 is 0. The number of allylic oxidation sites excluding steroid dienone is 1. The molecule has 0 bridgehead atoms. The van der Waals surface area contributed by atoms with E-state index in [9.17, 15) is 14.4 Å². The lowest BCUT2D eigenvalue weighted by atomic mass is 10.0. The summed E-state index contributed by atoms with van der Waals surface area (Å²) in [5.74, 6) is -0.608. The monoisotopic (exact) mass is 428 g/mol. The van der Waals surface area contributed by atoms with E-state index < -0.39 is 12.0 Å². The number of hydrogen-bond acceptors (Lipinski definition) is 6. The van der Waals surface area contributed by atoms with E-state index in [-0.39, 0.29) is 18.3 Å². The van der Waals surface area contributed by atoms with Gasteiger partial charge >= 0.3 is 11.9 Å². The van der Waals surface area contributed by atoms with Crippen molar-refractivity contribution in [2.45, 2.75) is 58.4 Å². The molecule has 31 heavy (non-hydrogen) atoms. The minimum absolute atomic E-state index is 0.263.